The minimum Gasteiger partial charge on any atom is -0.494 e. The number of rotatable bonds is 5. The van der Waals surface area contributed by atoms with Gasteiger partial charge in [-0.2, -0.15) is 0 Å². The number of ether oxygens (including phenoxy) is 1. The first kappa shape index (κ1) is 16.8. The molecule has 0 radical (unpaired) electrons. The van der Waals surface area contributed by atoms with Gasteiger partial charge in [0.05, 0.1) is 23.4 Å². The standard InChI is InChI=1S/C21H17N3O3/c1-2-26-15-7-5-6-14(12-15)19-13-17(16-8-3-4-9-18(16)22-19)21(25)23-20-10-11-27-24-20/h3-13H,2H2,1H3,(H,23,24,25). The van der Waals surface area contributed by atoms with Crippen LogP contribution in [0.3, 0.4) is 0 Å². The SMILES string of the molecule is CCOc1cccc(-c2cc(C(=O)Nc3ccon3)c3ccccc3n2)c1. The topological polar surface area (TPSA) is 77.2 Å². The molecule has 4 rings (SSSR count). The second kappa shape index (κ2) is 7.29. The van der Waals surface area contributed by atoms with Gasteiger partial charge in [0.25, 0.3) is 5.91 Å². The highest BCUT2D eigenvalue weighted by Gasteiger charge is 2.15. The molecule has 6 nitrogen and oxygen atoms in total. The van der Waals surface area contributed by atoms with Gasteiger partial charge < -0.3 is 14.6 Å². The molecular formula is C21H17N3O3. The van der Waals surface area contributed by atoms with Crippen LogP contribution >= 0.6 is 0 Å². The van der Waals surface area contributed by atoms with Crippen molar-refractivity contribution in [3.05, 3.63) is 72.5 Å². The van der Waals surface area contributed by atoms with Crippen LogP contribution in [0.25, 0.3) is 22.2 Å². The largest absolute Gasteiger partial charge is 0.494 e. The molecule has 4 aromatic rings. The summed E-state index contributed by atoms with van der Waals surface area (Å²) in [5, 5.41) is 7.25. The van der Waals surface area contributed by atoms with Crippen molar-refractivity contribution in [2.75, 3.05) is 11.9 Å². The van der Waals surface area contributed by atoms with E-state index in [2.05, 4.69) is 10.5 Å². The smallest absolute Gasteiger partial charge is 0.257 e. The molecule has 0 spiro atoms. The Bertz CT molecular complexity index is 1090. The van der Waals surface area contributed by atoms with Gasteiger partial charge in [0.15, 0.2) is 5.82 Å². The number of carbonyl (C=O) groups excluding carboxylic acids is 1. The third-order valence-corrected chi connectivity index (χ3v) is 4.08. The fraction of sp³-hybridized carbons (Fsp3) is 0.0952. The molecule has 0 saturated heterocycles. The molecule has 0 aliphatic carbocycles. The molecule has 1 N–H and O–H groups in total. The van der Waals surface area contributed by atoms with Crippen LogP contribution in [0.5, 0.6) is 5.75 Å². The highest BCUT2D eigenvalue weighted by molar-refractivity contribution is 6.12. The number of carbonyl (C=O) groups is 1. The third kappa shape index (κ3) is 3.50. The molecule has 2 aromatic heterocycles. The van der Waals surface area contributed by atoms with E-state index in [-0.39, 0.29) is 5.91 Å². The van der Waals surface area contributed by atoms with Crippen molar-refractivity contribution < 1.29 is 14.1 Å². The number of hydrogen-bond acceptors (Lipinski definition) is 5. The normalized spacial score (nSPS) is 10.7. The maximum atomic E-state index is 12.8. The molecule has 0 fully saturated rings. The first-order chi connectivity index (χ1) is 13.2. The number of fused-ring (bicyclic) bond motifs is 1. The number of anilines is 1. The van der Waals surface area contributed by atoms with Gasteiger partial charge in [0, 0.05) is 17.0 Å². The fourth-order valence-corrected chi connectivity index (χ4v) is 2.88. The van der Waals surface area contributed by atoms with Gasteiger partial charge in [0.2, 0.25) is 0 Å². The molecule has 0 aliphatic rings. The Balaban J connectivity index is 1.81. The van der Waals surface area contributed by atoms with Crippen LogP contribution in [-0.2, 0) is 0 Å². The van der Waals surface area contributed by atoms with E-state index in [0.717, 1.165) is 22.2 Å². The summed E-state index contributed by atoms with van der Waals surface area (Å²) < 4.78 is 10.4. The Hall–Kier alpha value is -3.67. The number of benzene rings is 2. The number of pyridine rings is 1. The zero-order chi connectivity index (χ0) is 18.6. The highest BCUT2D eigenvalue weighted by atomic mass is 16.5. The minimum atomic E-state index is -0.273. The zero-order valence-electron chi connectivity index (χ0n) is 14.7. The third-order valence-electron chi connectivity index (χ3n) is 4.08. The van der Waals surface area contributed by atoms with Gasteiger partial charge in [-0.05, 0) is 31.2 Å². The predicted octanol–water partition coefficient (Wildman–Crippen LogP) is 4.54. The lowest BCUT2D eigenvalue weighted by Crippen LogP contribution is -2.13. The summed E-state index contributed by atoms with van der Waals surface area (Å²) in [4.78, 5) is 17.6. The number of hydrogen-bond donors (Lipinski definition) is 1. The average molecular weight is 359 g/mol. The number of nitrogens with one attached hydrogen (secondary N) is 1. The maximum Gasteiger partial charge on any atom is 0.257 e. The van der Waals surface area contributed by atoms with Crippen LogP contribution in [0.15, 0.2) is 71.4 Å². The van der Waals surface area contributed by atoms with Gasteiger partial charge in [-0.3, -0.25) is 4.79 Å². The number of amides is 1. The molecule has 0 aliphatic heterocycles. The average Bonchev–Trinajstić information content (AvgIpc) is 3.20. The summed E-state index contributed by atoms with van der Waals surface area (Å²) in [6, 6.07) is 18.6. The van der Waals surface area contributed by atoms with Crippen LogP contribution in [0.1, 0.15) is 17.3 Å². The second-order valence-electron chi connectivity index (χ2n) is 5.87. The first-order valence-electron chi connectivity index (χ1n) is 8.59. The monoisotopic (exact) mass is 359 g/mol. The molecule has 27 heavy (non-hydrogen) atoms. The predicted molar refractivity (Wildman–Crippen MR) is 103 cm³/mol. The summed E-state index contributed by atoms with van der Waals surface area (Å²) in [7, 11) is 0. The van der Waals surface area contributed by atoms with E-state index < -0.39 is 0 Å². The molecule has 0 atom stereocenters. The lowest BCUT2D eigenvalue weighted by molar-refractivity contribution is 0.102. The molecular weight excluding hydrogens is 342 g/mol. The Morgan fingerprint density at radius 1 is 1.11 bits per heavy atom. The maximum absolute atomic E-state index is 12.8. The van der Waals surface area contributed by atoms with Crippen LogP contribution in [-0.4, -0.2) is 22.7 Å². The van der Waals surface area contributed by atoms with E-state index in [0.29, 0.717) is 23.7 Å². The summed E-state index contributed by atoms with van der Waals surface area (Å²) >= 11 is 0. The molecule has 6 heteroatoms. The quantitative estimate of drug-likeness (QED) is 0.566. The Labute approximate surface area is 155 Å². The number of para-hydroxylation sites is 1. The summed E-state index contributed by atoms with van der Waals surface area (Å²) in [5.74, 6) is 0.851. The molecule has 0 saturated carbocycles. The highest BCUT2D eigenvalue weighted by Crippen LogP contribution is 2.27. The van der Waals surface area contributed by atoms with Crippen LogP contribution in [0.2, 0.25) is 0 Å². The van der Waals surface area contributed by atoms with E-state index in [1.807, 2.05) is 55.5 Å². The molecule has 134 valence electrons. The molecule has 0 bridgehead atoms. The van der Waals surface area contributed by atoms with E-state index in [4.69, 9.17) is 14.2 Å². The minimum absolute atomic E-state index is 0.273. The number of aromatic nitrogens is 2. The second-order valence-corrected chi connectivity index (χ2v) is 5.87. The van der Waals surface area contributed by atoms with E-state index >= 15 is 0 Å². The van der Waals surface area contributed by atoms with Crippen molar-refractivity contribution in [2.45, 2.75) is 6.92 Å². The van der Waals surface area contributed by atoms with Crippen molar-refractivity contribution in [2.24, 2.45) is 0 Å². The van der Waals surface area contributed by atoms with Crippen LogP contribution in [0.4, 0.5) is 5.82 Å². The fourth-order valence-electron chi connectivity index (χ4n) is 2.88. The Kier molecular flexibility index (Phi) is 4.53. The van der Waals surface area contributed by atoms with Gasteiger partial charge in [-0.15, -0.1) is 0 Å². The van der Waals surface area contributed by atoms with Crippen molar-refractivity contribution in [3.8, 4) is 17.0 Å². The van der Waals surface area contributed by atoms with Crippen molar-refractivity contribution >= 4 is 22.6 Å². The van der Waals surface area contributed by atoms with Crippen LogP contribution in [0, 0.1) is 0 Å². The van der Waals surface area contributed by atoms with Crippen LogP contribution < -0.4 is 10.1 Å². The van der Waals surface area contributed by atoms with Crippen molar-refractivity contribution in [1.82, 2.24) is 10.1 Å². The van der Waals surface area contributed by atoms with Gasteiger partial charge in [0.1, 0.15) is 12.0 Å². The van der Waals surface area contributed by atoms with E-state index in [1.165, 1.54) is 6.26 Å². The molecule has 1 amide bonds. The Morgan fingerprint density at radius 3 is 2.81 bits per heavy atom. The molecule has 2 heterocycles. The zero-order valence-corrected chi connectivity index (χ0v) is 14.7. The van der Waals surface area contributed by atoms with E-state index in [9.17, 15) is 4.79 Å². The van der Waals surface area contributed by atoms with Crippen molar-refractivity contribution in [3.63, 3.8) is 0 Å². The lowest BCUT2D eigenvalue weighted by atomic mass is 10.0. The van der Waals surface area contributed by atoms with Gasteiger partial charge in [-0.25, -0.2) is 4.98 Å². The Morgan fingerprint density at radius 2 is 2.00 bits per heavy atom. The van der Waals surface area contributed by atoms with E-state index in [1.54, 1.807) is 12.1 Å². The first-order valence-corrected chi connectivity index (χ1v) is 8.59. The lowest BCUT2D eigenvalue weighted by Gasteiger charge is -2.10. The van der Waals surface area contributed by atoms with Gasteiger partial charge in [-0.1, -0.05) is 35.5 Å². The van der Waals surface area contributed by atoms with Crippen molar-refractivity contribution in [1.29, 1.82) is 0 Å². The number of nitrogens with zero attached hydrogens (tertiary/aromatic N) is 2. The summed E-state index contributed by atoms with van der Waals surface area (Å²) in [5.41, 5.74) is 2.82. The van der Waals surface area contributed by atoms with Gasteiger partial charge >= 0.3 is 0 Å². The summed E-state index contributed by atoms with van der Waals surface area (Å²) in [6.45, 7) is 2.52. The summed E-state index contributed by atoms with van der Waals surface area (Å²) in [6.07, 6.45) is 1.41. The molecule has 2 aromatic carbocycles. The molecule has 0 unspecified atom stereocenters.